The van der Waals surface area contributed by atoms with Crippen molar-refractivity contribution in [1.82, 2.24) is 4.72 Å². The van der Waals surface area contributed by atoms with Gasteiger partial charge in [0.15, 0.2) is 17.3 Å². The summed E-state index contributed by atoms with van der Waals surface area (Å²) >= 11 is 0. The largest absolute Gasteiger partial charge is 0.456 e. The molecule has 0 aliphatic rings. The Bertz CT molecular complexity index is 922. The fraction of sp³-hybridized carbons (Fsp3) is 0.222. The number of hydrogen-bond donors (Lipinski definition) is 1. The van der Waals surface area contributed by atoms with Crippen molar-refractivity contribution in [2.45, 2.75) is 18.2 Å². The number of aryl methyl sites for hydroxylation is 1. The van der Waals surface area contributed by atoms with Crippen LogP contribution in [0.5, 0.6) is 0 Å². The predicted octanol–water partition coefficient (Wildman–Crippen LogP) is 2.23. The Hall–Kier alpha value is -2.65. The summed E-state index contributed by atoms with van der Waals surface area (Å²) in [5.74, 6) is -4.11. The lowest BCUT2D eigenvalue weighted by Crippen LogP contribution is -2.32. The van der Waals surface area contributed by atoms with Gasteiger partial charge in [-0.15, -0.1) is 0 Å². The molecule has 0 heterocycles. The molecule has 0 aliphatic heterocycles. The molecule has 0 fully saturated rings. The zero-order chi connectivity index (χ0) is 20.0. The quantitative estimate of drug-likeness (QED) is 0.545. The molecule has 0 radical (unpaired) electrons. The predicted molar refractivity (Wildman–Crippen MR) is 92.7 cm³/mol. The molecule has 0 unspecified atom stereocenters. The van der Waals surface area contributed by atoms with Crippen molar-refractivity contribution >= 4 is 21.8 Å². The summed E-state index contributed by atoms with van der Waals surface area (Å²) in [7, 11) is -4.60. The highest BCUT2D eigenvalue weighted by molar-refractivity contribution is 7.89. The smallest absolute Gasteiger partial charge is 0.321 e. The van der Waals surface area contributed by atoms with Gasteiger partial charge >= 0.3 is 5.97 Å². The van der Waals surface area contributed by atoms with Crippen molar-refractivity contribution in [3.05, 3.63) is 65.2 Å². The highest BCUT2D eigenvalue weighted by Gasteiger charge is 2.24. The van der Waals surface area contributed by atoms with Crippen LogP contribution in [0.15, 0.2) is 47.4 Å². The number of sulfonamides is 1. The Morgan fingerprint density at radius 1 is 1.04 bits per heavy atom. The summed E-state index contributed by atoms with van der Waals surface area (Å²) in [5, 5.41) is 0. The van der Waals surface area contributed by atoms with Crippen molar-refractivity contribution in [2.75, 3.05) is 13.2 Å². The van der Waals surface area contributed by atoms with Gasteiger partial charge in [-0.2, -0.15) is 4.72 Å². The number of ketones is 1. The van der Waals surface area contributed by atoms with Crippen LogP contribution in [0.2, 0.25) is 0 Å². The van der Waals surface area contributed by atoms with Crippen LogP contribution in [0.3, 0.4) is 0 Å². The Morgan fingerprint density at radius 2 is 1.63 bits per heavy atom. The van der Waals surface area contributed by atoms with E-state index < -0.39 is 51.5 Å². The fourth-order valence-electron chi connectivity index (χ4n) is 2.17. The maximum atomic E-state index is 13.5. The normalized spacial score (nSPS) is 11.2. The first-order chi connectivity index (χ1) is 12.7. The highest BCUT2D eigenvalue weighted by atomic mass is 32.2. The molecule has 0 saturated heterocycles. The molecule has 0 saturated carbocycles. The second-order valence-corrected chi connectivity index (χ2v) is 7.21. The number of rotatable bonds is 8. The second-order valence-electron chi connectivity index (χ2n) is 5.51. The standard InChI is InChI=1S/C18H17F2NO5S/c1-2-12-6-8-13(9-7-12)16(22)11-26-17(23)10-21-27(24,25)18-14(19)4-3-5-15(18)20/h3-9,21H,2,10-11H2,1H3. The maximum absolute atomic E-state index is 13.5. The van der Waals surface area contributed by atoms with Gasteiger partial charge in [0.2, 0.25) is 10.0 Å². The SMILES string of the molecule is CCc1ccc(C(=O)COC(=O)CNS(=O)(=O)c2c(F)cccc2F)cc1. The summed E-state index contributed by atoms with van der Waals surface area (Å²) < 4.78 is 57.4. The molecule has 2 aromatic carbocycles. The minimum Gasteiger partial charge on any atom is -0.456 e. The molecular weight excluding hydrogens is 380 g/mol. The van der Waals surface area contributed by atoms with E-state index in [1.54, 1.807) is 29.0 Å². The number of ether oxygens (including phenoxy) is 1. The minimum atomic E-state index is -4.60. The van der Waals surface area contributed by atoms with E-state index in [1.165, 1.54) is 0 Å². The molecule has 0 aromatic heterocycles. The van der Waals surface area contributed by atoms with Crippen molar-refractivity contribution in [3.63, 3.8) is 0 Å². The van der Waals surface area contributed by atoms with Gasteiger partial charge in [-0.1, -0.05) is 37.3 Å². The van der Waals surface area contributed by atoms with Gasteiger partial charge in [0.25, 0.3) is 0 Å². The zero-order valence-corrected chi connectivity index (χ0v) is 15.2. The van der Waals surface area contributed by atoms with Gasteiger partial charge in [0.05, 0.1) is 0 Å². The number of carbonyl (C=O) groups excluding carboxylic acids is 2. The molecule has 0 bridgehead atoms. The molecule has 1 N–H and O–H groups in total. The lowest BCUT2D eigenvalue weighted by molar-refractivity contribution is -0.141. The van der Waals surface area contributed by atoms with E-state index in [2.05, 4.69) is 0 Å². The average molecular weight is 397 g/mol. The van der Waals surface area contributed by atoms with E-state index in [0.29, 0.717) is 5.56 Å². The molecule has 6 nitrogen and oxygen atoms in total. The fourth-order valence-corrected chi connectivity index (χ4v) is 3.27. The lowest BCUT2D eigenvalue weighted by atomic mass is 10.1. The number of Topliss-reactive ketones (excluding diaryl/α,β-unsaturated/α-hetero) is 1. The third-order valence-corrected chi connectivity index (χ3v) is 5.09. The average Bonchev–Trinajstić information content (AvgIpc) is 2.64. The van der Waals surface area contributed by atoms with Crippen LogP contribution < -0.4 is 4.72 Å². The van der Waals surface area contributed by atoms with Crippen molar-refractivity contribution in [1.29, 1.82) is 0 Å². The van der Waals surface area contributed by atoms with E-state index in [1.807, 2.05) is 6.92 Å². The molecule has 27 heavy (non-hydrogen) atoms. The van der Waals surface area contributed by atoms with Gasteiger partial charge in [0.1, 0.15) is 18.2 Å². The second kappa shape index (κ2) is 8.83. The Balaban J connectivity index is 1.91. The number of nitrogens with one attached hydrogen (secondary N) is 1. The van der Waals surface area contributed by atoms with Crippen LogP contribution >= 0.6 is 0 Å². The lowest BCUT2D eigenvalue weighted by Gasteiger charge is -2.09. The Morgan fingerprint density at radius 3 is 2.19 bits per heavy atom. The van der Waals surface area contributed by atoms with Crippen molar-refractivity contribution in [2.24, 2.45) is 0 Å². The molecule has 0 atom stereocenters. The summed E-state index contributed by atoms with van der Waals surface area (Å²) in [6, 6.07) is 9.29. The Kier molecular flexibility index (Phi) is 6.75. The molecule has 0 amide bonds. The first kappa shape index (κ1) is 20.7. The molecule has 2 rings (SSSR count). The van der Waals surface area contributed by atoms with E-state index in [4.69, 9.17) is 4.74 Å². The molecule has 2 aromatic rings. The molecule has 0 aliphatic carbocycles. The van der Waals surface area contributed by atoms with Crippen molar-refractivity contribution in [3.8, 4) is 0 Å². The summed E-state index contributed by atoms with van der Waals surface area (Å²) in [5.41, 5.74) is 1.38. The van der Waals surface area contributed by atoms with Gasteiger partial charge in [0, 0.05) is 5.56 Å². The van der Waals surface area contributed by atoms with E-state index in [9.17, 15) is 26.8 Å². The maximum Gasteiger partial charge on any atom is 0.321 e. The van der Waals surface area contributed by atoms with Crippen LogP contribution in [0, 0.1) is 11.6 Å². The van der Waals surface area contributed by atoms with Crippen LogP contribution in [-0.4, -0.2) is 33.3 Å². The van der Waals surface area contributed by atoms with Gasteiger partial charge in [-0.3, -0.25) is 9.59 Å². The Labute approximate surface area is 155 Å². The summed E-state index contributed by atoms with van der Waals surface area (Å²) in [6.45, 7) is 0.505. The van der Waals surface area contributed by atoms with E-state index >= 15 is 0 Å². The zero-order valence-electron chi connectivity index (χ0n) is 14.4. The third-order valence-electron chi connectivity index (χ3n) is 3.64. The van der Waals surface area contributed by atoms with Crippen LogP contribution in [0.25, 0.3) is 0 Å². The summed E-state index contributed by atoms with van der Waals surface area (Å²) in [4.78, 5) is 22.4. The number of benzene rings is 2. The molecule has 0 spiro atoms. The summed E-state index contributed by atoms with van der Waals surface area (Å²) in [6.07, 6.45) is 0.812. The van der Waals surface area contributed by atoms with Crippen LogP contribution in [0.4, 0.5) is 8.78 Å². The third kappa shape index (κ3) is 5.41. The molecule has 144 valence electrons. The monoisotopic (exact) mass is 397 g/mol. The van der Waals surface area contributed by atoms with Gasteiger partial charge < -0.3 is 4.74 Å². The van der Waals surface area contributed by atoms with Gasteiger partial charge in [-0.05, 0) is 24.1 Å². The highest BCUT2D eigenvalue weighted by Crippen LogP contribution is 2.17. The minimum absolute atomic E-state index is 0.342. The number of hydrogen-bond acceptors (Lipinski definition) is 5. The van der Waals surface area contributed by atoms with Crippen LogP contribution in [0.1, 0.15) is 22.8 Å². The number of halogens is 2. The van der Waals surface area contributed by atoms with Crippen LogP contribution in [-0.2, 0) is 26.0 Å². The topological polar surface area (TPSA) is 89.5 Å². The number of carbonyl (C=O) groups is 2. The first-order valence-corrected chi connectivity index (χ1v) is 9.44. The molecule has 9 heteroatoms. The number of esters is 1. The van der Waals surface area contributed by atoms with E-state index in [-0.39, 0.29) is 0 Å². The van der Waals surface area contributed by atoms with Crippen molar-refractivity contribution < 1.29 is 31.5 Å². The molecular formula is C18H17F2NO5S. The first-order valence-electron chi connectivity index (χ1n) is 7.96. The van der Waals surface area contributed by atoms with Gasteiger partial charge in [-0.25, -0.2) is 17.2 Å². The van der Waals surface area contributed by atoms with E-state index in [0.717, 1.165) is 30.2 Å².